The first-order valence-corrected chi connectivity index (χ1v) is 8.63. The predicted molar refractivity (Wildman–Crippen MR) is 88.3 cm³/mol. The molecule has 1 saturated carbocycles. The molecule has 1 aliphatic carbocycles. The van der Waals surface area contributed by atoms with E-state index in [0.717, 1.165) is 35.9 Å². The van der Waals surface area contributed by atoms with Gasteiger partial charge in [-0.25, -0.2) is 9.97 Å². The summed E-state index contributed by atoms with van der Waals surface area (Å²) in [6, 6.07) is 1.87. The molecule has 1 fully saturated rings. The summed E-state index contributed by atoms with van der Waals surface area (Å²) in [4.78, 5) is 20.8. The van der Waals surface area contributed by atoms with Gasteiger partial charge in [0.1, 0.15) is 6.33 Å². The highest BCUT2D eigenvalue weighted by atomic mass is 32.1. The largest absolute Gasteiger partial charge is 0.327 e. The van der Waals surface area contributed by atoms with Gasteiger partial charge in [-0.05, 0) is 24.3 Å². The number of rotatable bonds is 3. The van der Waals surface area contributed by atoms with Crippen LogP contribution in [0.4, 0.5) is 5.82 Å². The van der Waals surface area contributed by atoms with Crippen LogP contribution in [0.25, 0.3) is 10.2 Å². The van der Waals surface area contributed by atoms with Gasteiger partial charge in [0.2, 0.25) is 5.91 Å². The number of thiophene rings is 1. The maximum atomic E-state index is 12.4. The number of carbonyl (C=O) groups is 1. The molecular weight excluding hydrogens is 298 g/mol. The first kappa shape index (κ1) is 15.2. The van der Waals surface area contributed by atoms with E-state index in [9.17, 15) is 4.79 Å². The fourth-order valence-electron chi connectivity index (χ4n) is 2.93. The van der Waals surface area contributed by atoms with Crippen molar-refractivity contribution in [3.8, 4) is 0 Å². The van der Waals surface area contributed by atoms with E-state index in [1.807, 2.05) is 11.4 Å². The zero-order chi connectivity index (χ0) is 15.4. The number of nitrogens with two attached hydrogens (primary N) is 1. The molecule has 2 heterocycles. The summed E-state index contributed by atoms with van der Waals surface area (Å²) >= 11 is 1.54. The van der Waals surface area contributed by atoms with Crippen molar-refractivity contribution in [1.29, 1.82) is 0 Å². The number of fused-ring (bicyclic) bond motifs is 1. The van der Waals surface area contributed by atoms with Crippen LogP contribution in [-0.2, 0) is 4.79 Å². The van der Waals surface area contributed by atoms with Gasteiger partial charge in [-0.15, -0.1) is 11.3 Å². The third-order valence-corrected chi connectivity index (χ3v) is 5.11. The molecule has 2 unspecified atom stereocenters. The van der Waals surface area contributed by atoms with Gasteiger partial charge in [0.25, 0.3) is 0 Å². The number of anilines is 1. The Kier molecular flexibility index (Phi) is 4.84. The van der Waals surface area contributed by atoms with Crippen LogP contribution in [0, 0.1) is 5.92 Å². The second kappa shape index (κ2) is 7.02. The minimum Gasteiger partial charge on any atom is -0.327 e. The summed E-state index contributed by atoms with van der Waals surface area (Å²) < 4.78 is 0.935. The van der Waals surface area contributed by atoms with Crippen molar-refractivity contribution in [2.24, 2.45) is 11.7 Å². The molecule has 3 rings (SSSR count). The van der Waals surface area contributed by atoms with Crippen molar-refractivity contribution in [2.45, 2.75) is 44.6 Å². The number of nitrogens with one attached hydrogen (secondary N) is 2. The average molecular weight is 319 g/mol. The van der Waals surface area contributed by atoms with Crippen molar-refractivity contribution in [3.63, 3.8) is 0 Å². The highest BCUT2D eigenvalue weighted by molar-refractivity contribution is 7.17. The SMILES string of the molecule is NC1CCCCCCC1C(=O)NNc1ncnc2ccsc12. The van der Waals surface area contributed by atoms with E-state index in [1.54, 1.807) is 11.3 Å². The molecule has 0 aliphatic heterocycles. The molecule has 22 heavy (non-hydrogen) atoms. The number of carbonyl (C=O) groups excluding carboxylic acids is 1. The Morgan fingerprint density at radius 2 is 2.05 bits per heavy atom. The molecule has 0 saturated heterocycles. The third kappa shape index (κ3) is 3.36. The van der Waals surface area contributed by atoms with E-state index in [4.69, 9.17) is 5.73 Å². The van der Waals surface area contributed by atoms with Crippen LogP contribution in [0.5, 0.6) is 0 Å². The molecule has 2 aromatic heterocycles. The number of hydrazine groups is 1. The molecule has 0 bridgehead atoms. The second-order valence-corrected chi connectivity index (χ2v) is 6.65. The lowest BCUT2D eigenvalue weighted by Gasteiger charge is -2.25. The smallest absolute Gasteiger partial charge is 0.243 e. The van der Waals surface area contributed by atoms with Gasteiger partial charge in [0.05, 0.1) is 16.1 Å². The summed E-state index contributed by atoms with van der Waals surface area (Å²) in [7, 11) is 0. The standard InChI is InChI=1S/C15H21N5OS/c16-11-6-4-2-1-3-5-10(11)15(21)20-19-14-13-12(7-8-22-13)17-9-18-14/h7-11H,1-6,16H2,(H,20,21)(H,17,18,19). The highest BCUT2D eigenvalue weighted by Gasteiger charge is 2.26. The molecule has 118 valence electrons. The molecule has 6 nitrogen and oxygen atoms in total. The summed E-state index contributed by atoms with van der Waals surface area (Å²) in [6.45, 7) is 0. The number of hydrogen-bond donors (Lipinski definition) is 3. The highest BCUT2D eigenvalue weighted by Crippen LogP contribution is 2.25. The van der Waals surface area contributed by atoms with Crippen molar-refractivity contribution in [2.75, 3.05) is 5.43 Å². The van der Waals surface area contributed by atoms with Gasteiger partial charge in [-0.3, -0.25) is 15.6 Å². The summed E-state index contributed by atoms with van der Waals surface area (Å²) in [6.07, 6.45) is 7.84. The lowest BCUT2D eigenvalue weighted by molar-refractivity contribution is -0.125. The van der Waals surface area contributed by atoms with Gasteiger partial charge < -0.3 is 5.73 Å². The zero-order valence-electron chi connectivity index (χ0n) is 12.4. The van der Waals surface area contributed by atoms with Gasteiger partial charge in [0.15, 0.2) is 5.82 Å². The van der Waals surface area contributed by atoms with Crippen LogP contribution in [0.3, 0.4) is 0 Å². The van der Waals surface area contributed by atoms with Gasteiger partial charge >= 0.3 is 0 Å². The van der Waals surface area contributed by atoms with Gasteiger partial charge in [0, 0.05) is 6.04 Å². The minimum atomic E-state index is -0.131. The average Bonchev–Trinajstić information content (AvgIpc) is 2.98. The van der Waals surface area contributed by atoms with Crippen molar-refractivity contribution in [3.05, 3.63) is 17.8 Å². The van der Waals surface area contributed by atoms with Crippen LogP contribution in [0.15, 0.2) is 17.8 Å². The van der Waals surface area contributed by atoms with Crippen LogP contribution in [0.1, 0.15) is 38.5 Å². The number of amides is 1. The van der Waals surface area contributed by atoms with E-state index >= 15 is 0 Å². The maximum Gasteiger partial charge on any atom is 0.243 e. The van der Waals surface area contributed by atoms with E-state index in [0.29, 0.717) is 5.82 Å². The Labute approximate surface area is 133 Å². The quantitative estimate of drug-likeness (QED) is 0.756. The Hall–Kier alpha value is -1.73. The van der Waals surface area contributed by atoms with Crippen LogP contribution in [0.2, 0.25) is 0 Å². The lowest BCUT2D eigenvalue weighted by atomic mass is 9.87. The monoisotopic (exact) mass is 319 g/mol. The fraction of sp³-hybridized carbons (Fsp3) is 0.533. The Morgan fingerprint density at radius 1 is 1.23 bits per heavy atom. The second-order valence-electron chi connectivity index (χ2n) is 5.73. The number of aromatic nitrogens is 2. The van der Waals surface area contributed by atoms with Crippen molar-refractivity contribution >= 4 is 33.3 Å². The molecule has 2 aromatic rings. The van der Waals surface area contributed by atoms with Crippen molar-refractivity contribution in [1.82, 2.24) is 15.4 Å². The third-order valence-electron chi connectivity index (χ3n) is 4.20. The van der Waals surface area contributed by atoms with Crippen LogP contribution in [-0.4, -0.2) is 21.9 Å². The van der Waals surface area contributed by atoms with E-state index in [-0.39, 0.29) is 17.9 Å². The summed E-state index contributed by atoms with van der Waals surface area (Å²) in [5.41, 5.74) is 12.8. The first-order chi connectivity index (χ1) is 10.8. The number of hydrogen-bond acceptors (Lipinski definition) is 6. The molecule has 7 heteroatoms. The predicted octanol–water partition coefficient (Wildman–Crippen LogP) is 2.43. The Balaban J connectivity index is 1.64. The molecule has 1 aliphatic rings. The zero-order valence-corrected chi connectivity index (χ0v) is 13.2. The fourth-order valence-corrected chi connectivity index (χ4v) is 3.72. The van der Waals surface area contributed by atoms with E-state index in [2.05, 4.69) is 20.8 Å². The van der Waals surface area contributed by atoms with E-state index < -0.39 is 0 Å². The summed E-state index contributed by atoms with van der Waals surface area (Å²) in [5, 5.41) is 1.96. The molecule has 0 radical (unpaired) electrons. The van der Waals surface area contributed by atoms with E-state index in [1.165, 1.54) is 19.2 Å². The Bertz CT molecular complexity index is 644. The van der Waals surface area contributed by atoms with Crippen LogP contribution < -0.4 is 16.6 Å². The number of nitrogens with zero attached hydrogens (tertiary/aromatic N) is 2. The molecule has 1 amide bonds. The molecular formula is C15H21N5OS. The van der Waals surface area contributed by atoms with Gasteiger partial charge in [-0.2, -0.15) is 0 Å². The molecule has 4 N–H and O–H groups in total. The summed E-state index contributed by atoms with van der Waals surface area (Å²) in [5.74, 6) is 0.457. The molecule has 2 atom stereocenters. The molecule has 0 aromatic carbocycles. The Morgan fingerprint density at radius 3 is 2.91 bits per heavy atom. The molecule has 0 spiro atoms. The minimum absolute atomic E-state index is 0.0438. The van der Waals surface area contributed by atoms with Crippen LogP contribution >= 0.6 is 11.3 Å². The normalized spacial score (nSPS) is 22.8. The van der Waals surface area contributed by atoms with Crippen molar-refractivity contribution < 1.29 is 4.79 Å². The topological polar surface area (TPSA) is 92.9 Å². The lowest BCUT2D eigenvalue weighted by Crippen LogP contribution is -2.44. The maximum absolute atomic E-state index is 12.4. The van der Waals surface area contributed by atoms with Gasteiger partial charge in [-0.1, -0.05) is 25.7 Å². The first-order valence-electron chi connectivity index (χ1n) is 7.75.